The van der Waals surface area contributed by atoms with E-state index in [9.17, 15) is 14.4 Å². The van der Waals surface area contributed by atoms with E-state index in [0.717, 1.165) is 0 Å². The lowest BCUT2D eigenvalue weighted by Crippen LogP contribution is -2.30. The van der Waals surface area contributed by atoms with E-state index in [1.165, 1.54) is 0 Å². The van der Waals surface area contributed by atoms with E-state index < -0.39 is 17.2 Å². The molecule has 8 heteroatoms. The first-order valence-electron chi connectivity index (χ1n) is 3.31. The minimum Gasteiger partial charge on any atom is -0.368 e. The number of nitrogens with two attached hydrogens (primary N) is 1. The Morgan fingerprint density at radius 3 is 2.77 bits per heavy atom. The van der Waals surface area contributed by atoms with E-state index >= 15 is 0 Å². The average molecular weight is 185 g/mol. The molecule has 0 aliphatic heterocycles. The molecule has 1 heterocycles. The fourth-order valence-electron chi connectivity index (χ4n) is 0.638. The summed E-state index contributed by atoms with van der Waals surface area (Å²) in [5.74, 6) is -0.786. The van der Waals surface area contributed by atoms with Gasteiger partial charge in [-0.1, -0.05) is 0 Å². The van der Waals surface area contributed by atoms with Crippen molar-refractivity contribution in [1.29, 1.82) is 0 Å². The van der Waals surface area contributed by atoms with E-state index in [4.69, 9.17) is 5.73 Å². The largest absolute Gasteiger partial charge is 0.368 e. The van der Waals surface area contributed by atoms with Crippen molar-refractivity contribution in [1.82, 2.24) is 15.2 Å². The SMILES string of the molecule is NC(=O)CNc1n[nH]c(=O)[nH]c1=O. The second-order valence-electron chi connectivity index (χ2n) is 2.18. The van der Waals surface area contributed by atoms with Crippen LogP contribution in [-0.4, -0.2) is 27.6 Å². The van der Waals surface area contributed by atoms with Gasteiger partial charge in [-0.25, -0.2) is 9.89 Å². The summed E-state index contributed by atoms with van der Waals surface area (Å²) in [6.45, 7) is -0.220. The average Bonchev–Trinajstić information content (AvgIpc) is 2.02. The van der Waals surface area contributed by atoms with Gasteiger partial charge in [0, 0.05) is 0 Å². The molecule has 1 amide bonds. The first kappa shape index (κ1) is 8.97. The quantitative estimate of drug-likeness (QED) is 0.408. The van der Waals surface area contributed by atoms with Crippen LogP contribution in [0.3, 0.4) is 0 Å². The Bertz CT molecular complexity index is 419. The van der Waals surface area contributed by atoms with Gasteiger partial charge in [0.25, 0.3) is 5.56 Å². The molecule has 0 fully saturated rings. The van der Waals surface area contributed by atoms with E-state index in [1.807, 2.05) is 10.1 Å². The maximum Gasteiger partial charge on any atom is 0.342 e. The zero-order chi connectivity index (χ0) is 9.84. The normalized spacial score (nSPS) is 9.54. The van der Waals surface area contributed by atoms with Gasteiger partial charge in [-0.3, -0.25) is 14.6 Å². The lowest BCUT2D eigenvalue weighted by molar-refractivity contribution is -0.116. The van der Waals surface area contributed by atoms with Crippen LogP contribution >= 0.6 is 0 Å². The summed E-state index contributed by atoms with van der Waals surface area (Å²) < 4.78 is 0. The van der Waals surface area contributed by atoms with Gasteiger partial charge in [0.2, 0.25) is 11.7 Å². The molecule has 1 rings (SSSR count). The molecule has 0 atom stereocenters. The molecule has 0 saturated carbocycles. The maximum absolute atomic E-state index is 10.9. The van der Waals surface area contributed by atoms with Gasteiger partial charge in [0.15, 0.2) is 0 Å². The zero-order valence-electron chi connectivity index (χ0n) is 6.46. The van der Waals surface area contributed by atoms with Crippen LogP contribution in [0.4, 0.5) is 5.82 Å². The number of nitrogens with zero attached hydrogens (tertiary/aromatic N) is 1. The predicted octanol–water partition coefficient (Wildman–Crippen LogP) is -2.64. The van der Waals surface area contributed by atoms with Gasteiger partial charge in [-0.15, -0.1) is 5.10 Å². The molecule has 0 unspecified atom stereocenters. The number of hydrogen-bond acceptors (Lipinski definition) is 5. The molecule has 0 bridgehead atoms. The minimum absolute atomic E-state index is 0.154. The Kier molecular flexibility index (Phi) is 2.43. The molecule has 0 aliphatic carbocycles. The van der Waals surface area contributed by atoms with Crippen molar-refractivity contribution in [2.75, 3.05) is 11.9 Å². The fraction of sp³-hybridized carbons (Fsp3) is 0.200. The number of aromatic amines is 2. The summed E-state index contributed by atoms with van der Waals surface area (Å²) in [5, 5.41) is 7.68. The lowest BCUT2D eigenvalue weighted by atomic mass is 10.6. The highest BCUT2D eigenvalue weighted by atomic mass is 16.2. The van der Waals surface area contributed by atoms with E-state index in [-0.39, 0.29) is 12.4 Å². The van der Waals surface area contributed by atoms with E-state index in [2.05, 4.69) is 10.4 Å². The summed E-state index contributed by atoms with van der Waals surface area (Å²) in [5.41, 5.74) is 3.39. The standard InChI is InChI=1S/C5H7N5O3/c6-2(11)1-7-3-4(12)8-5(13)10-9-3/h1H2,(H2,6,11)(H,7,9)(H2,8,10,12,13). The Hall–Kier alpha value is -2.12. The van der Waals surface area contributed by atoms with Crippen molar-refractivity contribution in [3.63, 3.8) is 0 Å². The minimum atomic E-state index is -0.713. The van der Waals surface area contributed by atoms with Gasteiger partial charge >= 0.3 is 5.69 Å². The second-order valence-corrected chi connectivity index (χ2v) is 2.18. The van der Waals surface area contributed by atoms with Crippen molar-refractivity contribution in [2.24, 2.45) is 5.73 Å². The van der Waals surface area contributed by atoms with Crippen molar-refractivity contribution < 1.29 is 4.79 Å². The zero-order valence-corrected chi connectivity index (χ0v) is 6.46. The number of amides is 1. The Labute approximate surface area is 71.2 Å². The number of carbonyl (C=O) groups is 1. The highest BCUT2D eigenvalue weighted by Gasteiger charge is 2.01. The van der Waals surface area contributed by atoms with Crippen LogP contribution in [0.25, 0.3) is 0 Å². The number of nitrogens with one attached hydrogen (secondary N) is 3. The highest BCUT2D eigenvalue weighted by Crippen LogP contribution is 1.83. The summed E-state index contributed by atoms with van der Waals surface area (Å²) in [6.07, 6.45) is 0. The van der Waals surface area contributed by atoms with Gasteiger partial charge in [-0.2, -0.15) is 0 Å². The Morgan fingerprint density at radius 1 is 1.54 bits per heavy atom. The number of carbonyl (C=O) groups excluding carboxylic acids is 1. The monoisotopic (exact) mass is 185 g/mol. The van der Waals surface area contributed by atoms with Gasteiger partial charge in [0.05, 0.1) is 6.54 Å². The number of H-pyrrole nitrogens is 2. The third kappa shape index (κ3) is 2.43. The molecule has 13 heavy (non-hydrogen) atoms. The van der Waals surface area contributed by atoms with Crippen molar-refractivity contribution in [2.45, 2.75) is 0 Å². The molecule has 1 aromatic rings. The van der Waals surface area contributed by atoms with Crippen LogP contribution in [0.15, 0.2) is 9.59 Å². The van der Waals surface area contributed by atoms with Crippen LogP contribution < -0.4 is 22.3 Å². The molecule has 0 spiro atoms. The predicted molar refractivity (Wildman–Crippen MR) is 43.2 cm³/mol. The Balaban J connectivity index is 2.84. The van der Waals surface area contributed by atoms with Gasteiger partial charge < -0.3 is 11.1 Å². The van der Waals surface area contributed by atoms with Crippen LogP contribution in [0.2, 0.25) is 0 Å². The van der Waals surface area contributed by atoms with Gasteiger partial charge in [0.1, 0.15) is 0 Å². The first-order chi connectivity index (χ1) is 6.09. The number of primary amides is 1. The maximum atomic E-state index is 10.9. The number of hydrogen-bond donors (Lipinski definition) is 4. The summed E-state index contributed by atoms with van der Waals surface area (Å²) >= 11 is 0. The van der Waals surface area contributed by atoms with Crippen molar-refractivity contribution in [3.05, 3.63) is 20.8 Å². The molecular weight excluding hydrogens is 178 g/mol. The molecule has 0 radical (unpaired) electrons. The molecule has 8 nitrogen and oxygen atoms in total. The topological polar surface area (TPSA) is 134 Å². The third-order valence-corrected chi connectivity index (χ3v) is 1.14. The summed E-state index contributed by atoms with van der Waals surface area (Å²) in [7, 11) is 0. The first-order valence-corrected chi connectivity index (χ1v) is 3.31. The van der Waals surface area contributed by atoms with Crippen LogP contribution in [0.1, 0.15) is 0 Å². The van der Waals surface area contributed by atoms with Gasteiger partial charge in [-0.05, 0) is 0 Å². The molecule has 70 valence electrons. The summed E-state index contributed by atoms with van der Waals surface area (Å²) in [4.78, 5) is 33.6. The fourth-order valence-corrected chi connectivity index (χ4v) is 0.638. The highest BCUT2D eigenvalue weighted by molar-refractivity contribution is 5.78. The van der Waals surface area contributed by atoms with Crippen LogP contribution in [0, 0.1) is 0 Å². The second kappa shape index (κ2) is 3.52. The molecule has 1 aromatic heterocycles. The van der Waals surface area contributed by atoms with E-state index in [0.29, 0.717) is 0 Å². The number of anilines is 1. The number of rotatable bonds is 3. The molecule has 0 saturated heterocycles. The van der Waals surface area contributed by atoms with Crippen LogP contribution in [-0.2, 0) is 4.79 Å². The lowest BCUT2D eigenvalue weighted by Gasteiger charge is -1.98. The molecular formula is C5H7N5O3. The molecule has 0 aliphatic rings. The number of aromatic nitrogens is 3. The smallest absolute Gasteiger partial charge is 0.342 e. The third-order valence-electron chi connectivity index (χ3n) is 1.14. The van der Waals surface area contributed by atoms with Crippen molar-refractivity contribution in [3.8, 4) is 0 Å². The molecule has 5 N–H and O–H groups in total. The Morgan fingerprint density at radius 2 is 2.23 bits per heavy atom. The molecule has 0 aromatic carbocycles. The van der Waals surface area contributed by atoms with E-state index in [1.54, 1.807) is 0 Å². The van der Waals surface area contributed by atoms with Crippen molar-refractivity contribution >= 4 is 11.7 Å². The summed E-state index contributed by atoms with van der Waals surface area (Å²) in [6, 6.07) is 0. The van der Waals surface area contributed by atoms with Crippen LogP contribution in [0.5, 0.6) is 0 Å².